The number of anilines is 1. The molecule has 7 heteroatoms. The second-order valence-electron chi connectivity index (χ2n) is 4.84. The number of halogens is 1. The Kier molecular flexibility index (Phi) is 4.04. The van der Waals surface area contributed by atoms with E-state index < -0.39 is 0 Å². The van der Waals surface area contributed by atoms with Crippen molar-refractivity contribution in [2.45, 2.75) is 27.2 Å². The topological polar surface area (TPSA) is 86.5 Å². The minimum absolute atomic E-state index is 0.215. The maximum absolute atomic E-state index is 12.2. The molecule has 0 saturated heterocycles. The first-order valence-corrected chi connectivity index (χ1v) is 6.82. The Hall–Kier alpha value is -1.63. The van der Waals surface area contributed by atoms with Gasteiger partial charge in [-0.1, -0.05) is 13.8 Å². The molecule has 0 fully saturated rings. The van der Waals surface area contributed by atoms with Gasteiger partial charge in [0.15, 0.2) is 0 Å². The van der Waals surface area contributed by atoms with E-state index in [4.69, 9.17) is 0 Å². The number of aryl methyl sites for hydroxylation is 1. The minimum atomic E-state index is -0.215. The maximum Gasteiger partial charge on any atom is 0.261 e. The predicted octanol–water partition coefficient (Wildman–Crippen LogP) is 2.65. The van der Waals surface area contributed by atoms with Crippen LogP contribution in [0.4, 0.5) is 5.82 Å². The van der Waals surface area contributed by atoms with Crippen LogP contribution in [0.5, 0.6) is 0 Å². The van der Waals surface area contributed by atoms with Gasteiger partial charge in [-0.05, 0) is 35.2 Å². The van der Waals surface area contributed by atoms with E-state index in [0.29, 0.717) is 27.6 Å². The van der Waals surface area contributed by atoms with Crippen molar-refractivity contribution in [1.82, 2.24) is 20.4 Å². The van der Waals surface area contributed by atoms with Crippen molar-refractivity contribution >= 4 is 27.7 Å². The molecule has 3 N–H and O–H groups in total. The van der Waals surface area contributed by atoms with Gasteiger partial charge in [0.25, 0.3) is 5.91 Å². The lowest BCUT2D eigenvalue weighted by Gasteiger charge is -2.07. The number of hydrogen-bond donors (Lipinski definition) is 3. The van der Waals surface area contributed by atoms with Crippen molar-refractivity contribution in [2.24, 2.45) is 5.92 Å². The molecule has 0 aliphatic heterocycles. The van der Waals surface area contributed by atoms with Gasteiger partial charge >= 0.3 is 0 Å². The predicted molar refractivity (Wildman–Crippen MR) is 76.1 cm³/mol. The Labute approximate surface area is 119 Å². The molecule has 0 unspecified atom stereocenters. The number of hydrogen-bond acceptors (Lipinski definition) is 3. The van der Waals surface area contributed by atoms with Crippen LogP contribution in [-0.2, 0) is 6.42 Å². The third kappa shape index (κ3) is 3.04. The Morgan fingerprint density at radius 3 is 2.79 bits per heavy atom. The molecule has 2 heterocycles. The summed E-state index contributed by atoms with van der Waals surface area (Å²) in [7, 11) is 0. The SMILES string of the molecule is Cc1[nH]nc(Br)c1C(=O)Nc1[nH]ncc1CC(C)C. The van der Waals surface area contributed by atoms with E-state index in [-0.39, 0.29) is 5.91 Å². The molecule has 19 heavy (non-hydrogen) atoms. The van der Waals surface area contributed by atoms with Gasteiger partial charge in [-0.3, -0.25) is 15.0 Å². The van der Waals surface area contributed by atoms with Gasteiger partial charge in [0.1, 0.15) is 10.4 Å². The van der Waals surface area contributed by atoms with Gasteiger partial charge in [0, 0.05) is 11.3 Å². The smallest absolute Gasteiger partial charge is 0.261 e. The molecule has 0 aliphatic rings. The molecule has 102 valence electrons. The van der Waals surface area contributed by atoms with Crippen molar-refractivity contribution in [3.05, 3.63) is 27.6 Å². The van der Waals surface area contributed by atoms with Crippen molar-refractivity contribution in [2.75, 3.05) is 5.32 Å². The van der Waals surface area contributed by atoms with Gasteiger partial charge in [0.05, 0.1) is 11.8 Å². The number of carbonyl (C=O) groups is 1. The first-order chi connectivity index (χ1) is 8.99. The van der Waals surface area contributed by atoms with Crippen LogP contribution < -0.4 is 5.32 Å². The maximum atomic E-state index is 12.2. The first-order valence-electron chi connectivity index (χ1n) is 6.03. The lowest BCUT2D eigenvalue weighted by molar-refractivity contribution is 0.102. The van der Waals surface area contributed by atoms with Gasteiger partial charge in [-0.2, -0.15) is 10.2 Å². The summed E-state index contributed by atoms with van der Waals surface area (Å²) in [6, 6.07) is 0. The van der Waals surface area contributed by atoms with Crippen LogP contribution in [0.1, 0.15) is 35.5 Å². The monoisotopic (exact) mass is 325 g/mol. The number of nitrogens with zero attached hydrogens (tertiary/aromatic N) is 2. The molecule has 0 radical (unpaired) electrons. The van der Waals surface area contributed by atoms with Gasteiger partial charge < -0.3 is 5.32 Å². The van der Waals surface area contributed by atoms with E-state index in [1.54, 1.807) is 13.1 Å². The number of carbonyl (C=O) groups excluding carboxylic acids is 1. The number of H-pyrrole nitrogens is 2. The Morgan fingerprint density at radius 1 is 1.47 bits per heavy atom. The van der Waals surface area contributed by atoms with Crippen LogP contribution in [0.3, 0.4) is 0 Å². The van der Waals surface area contributed by atoms with Crippen LogP contribution >= 0.6 is 15.9 Å². The molecule has 0 atom stereocenters. The molecule has 0 bridgehead atoms. The number of amides is 1. The van der Waals surface area contributed by atoms with E-state index in [9.17, 15) is 4.79 Å². The summed E-state index contributed by atoms with van der Waals surface area (Å²) in [6.45, 7) is 6.04. The van der Waals surface area contributed by atoms with Gasteiger partial charge in [0.2, 0.25) is 0 Å². The largest absolute Gasteiger partial charge is 0.307 e. The quantitative estimate of drug-likeness (QED) is 0.807. The van der Waals surface area contributed by atoms with Crippen LogP contribution in [0.2, 0.25) is 0 Å². The number of aromatic nitrogens is 4. The zero-order valence-corrected chi connectivity index (χ0v) is 12.6. The van der Waals surface area contributed by atoms with Gasteiger partial charge in [-0.25, -0.2) is 0 Å². The fourth-order valence-corrected chi connectivity index (χ4v) is 2.42. The molecule has 2 aromatic heterocycles. The summed E-state index contributed by atoms with van der Waals surface area (Å²) >= 11 is 3.25. The Morgan fingerprint density at radius 2 is 2.21 bits per heavy atom. The highest BCUT2D eigenvalue weighted by molar-refractivity contribution is 9.10. The van der Waals surface area contributed by atoms with Crippen LogP contribution in [0.15, 0.2) is 10.8 Å². The third-order valence-electron chi connectivity index (χ3n) is 2.71. The molecule has 2 aromatic rings. The number of nitrogens with one attached hydrogen (secondary N) is 3. The summed E-state index contributed by atoms with van der Waals surface area (Å²) in [4.78, 5) is 12.2. The summed E-state index contributed by atoms with van der Waals surface area (Å²) < 4.78 is 0.507. The van der Waals surface area contributed by atoms with Gasteiger partial charge in [-0.15, -0.1) is 0 Å². The first kappa shape index (κ1) is 13.8. The lowest BCUT2D eigenvalue weighted by atomic mass is 10.1. The van der Waals surface area contributed by atoms with E-state index >= 15 is 0 Å². The van der Waals surface area contributed by atoms with E-state index in [1.165, 1.54) is 0 Å². The second kappa shape index (κ2) is 5.56. The average molecular weight is 326 g/mol. The average Bonchev–Trinajstić information content (AvgIpc) is 2.86. The standard InChI is InChI=1S/C12H16BrN5O/c1-6(2)4-8-5-14-18-11(8)15-12(19)9-7(3)16-17-10(9)13/h5-6H,4H2,1-3H3,(H,16,17)(H2,14,15,18,19). The minimum Gasteiger partial charge on any atom is -0.307 e. The van der Waals surface area contributed by atoms with Crippen molar-refractivity contribution < 1.29 is 4.79 Å². The Balaban J connectivity index is 2.18. The zero-order chi connectivity index (χ0) is 14.0. The van der Waals surface area contributed by atoms with Crippen LogP contribution in [-0.4, -0.2) is 26.3 Å². The fourth-order valence-electron chi connectivity index (χ4n) is 1.85. The summed E-state index contributed by atoms with van der Waals surface area (Å²) in [5.74, 6) is 0.925. The molecular weight excluding hydrogens is 310 g/mol. The summed E-state index contributed by atoms with van der Waals surface area (Å²) in [5.41, 5.74) is 2.22. The van der Waals surface area contributed by atoms with E-state index in [2.05, 4.69) is 55.5 Å². The molecule has 0 saturated carbocycles. The summed E-state index contributed by atoms with van der Waals surface area (Å²) in [5, 5.41) is 16.3. The van der Waals surface area contributed by atoms with E-state index in [0.717, 1.165) is 12.0 Å². The molecule has 6 nitrogen and oxygen atoms in total. The van der Waals surface area contributed by atoms with Crippen molar-refractivity contribution in [3.63, 3.8) is 0 Å². The fraction of sp³-hybridized carbons (Fsp3) is 0.417. The van der Waals surface area contributed by atoms with Crippen LogP contribution in [0.25, 0.3) is 0 Å². The zero-order valence-electron chi connectivity index (χ0n) is 11.0. The molecule has 0 aromatic carbocycles. The highest BCUT2D eigenvalue weighted by atomic mass is 79.9. The number of aromatic amines is 2. The molecule has 2 rings (SSSR count). The lowest BCUT2D eigenvalue weighted by Crippen LogP contribution is -2.15. The number of rotatable bonds is 4. The second-order valence-corrected chi connectivity index (χ2v) is 5.59. The Bertz CT molecular complexity index is 567. The van der Waals surface area contributed by atoms with Crippen molar-refractivity contribution in [1.29, 1.82) is 0 Å². The van der Waals surface area contributed by atoms with Crippen LogP contribution in [0, 0.1) is 12.8 Å². The van der Waals surface area contributed by atoms with E-state index in [1.807, 2.05) is 0 Å². The van der Waals surface area contributed by atoms with Crippen molar-refractivity contribution in [3.8, 4) is 0 Å². The third-order valence-corrected chi connectivity index (χ3v) is 3.29. The normalized spacial score (nSPS) is 11.0. The molecule has 0 aliphatic carbocycles. The molecular formula is C12H16BrN5O. The highest BCUT2D eigenvalue weighted by Crippen LogP contribution is 2.20. The molecule has 0 spiro atoms. The highest BCUT2D eigenvalue weighted by Gasteiger charge is 2.18. The summed E-state index contributed by atoms with van der Waals surface area (Å²) in [6.07, 6.45) is 2.60. The molecule has 1 amide bonds.